The smallest absolute Gasteiger partial charge is 0.0356 e. The summed E-state index contributed by atoms with van der Waals surface area (Å²) in [7, 11) is 0. The number of hydrogen-bond donors (Lipinski definition) is 1. The van der Waals surface area contributed by atoms with Crippen LogP contribution in [-0.4, -0.2) is 54.1 Å². The highest BCUT2D eigenvalue weighted by molar-refractivity contribution is 4.98. The maximum Gasteiger partial charge on any atom is 0.0356 e. The molecule has 0 bridgehead atoms. The van der Waals surface area contributed by atoms with Gasteiger partial charge in [0.25, 0.3) is 0 Å². The molecule has 3 nitrogen and oxygen atoms in total. The Hall–Kier alpha value is -0.120. The van der Waals surface area contributed by atoms with Crippen molar-refractivity contribution in [1.29, 1.82) is 0 Å². The van der Waals surface area contributed by atoms with E-state index in [1.54, 1.807) is 0 Å². The average Bonchev–Trinajstić information content (AvgIpc) is 2.47. The van der Waals surface area contributed by atoms with E-state index in [4.69, 9.17) is 5.73 Å². The van der Waals surface area contributed by atoms with Crippen LogP contribution in [0.25, 0.3) is 0 Å². The zero-order chi connectivity index (χ0) is 13.9. The normalized spacial score (nSPS) is 27.0. The van der Waals surface area contributed by atoms with Gasteiger partial charge in [0.15, 0.2) is 0 Å². The molecule has 0 saturated carbocycles. The Kier molecular flexibility index (Phi) is 5.27. The first-order chi connectivity index (χ1) is 9.11. The lowest BCUT2D eigenvalue weighted by Crippen LogP contribution is -2.61. The maximum atomic E-state index is 6.20. The molecule has 0 aromatic carbocycles. The van der Waals surface area contributed by atoms with E-state index < -0.39 is 0 Å². The molecule has 2 rings (SSSR count). The second-order valence-corrected chi connectivity index (χ2v) is 6.90. The van der Waals surface area contributed by atoms with Gasteiger partial charge in [-0.1, -0.05) is 13.3 Å². The molecule has 2 heterocycles. The number of nitrogens with zero attached hydrogens (tertiary/aromatic N) is 2. The molecule has 2 N–H and O–H groups in total. The third-order valence-corrected chi connectivity index (χ3v) is 5.70. The first kappa shape index (κ1) is 15.3. The topological polar surface area (TPSA) is 32.5 Å². The summed E-state index contributed by atoms with van der Waals surface area (Å²) in [6.07, 6.45) is 6.64. The van der Waals surface area contributed by atoms with Crippen LogP contribution < -0.4 is 5.73 Å². The number of piperidine rings is 2. The summed E-state index contributed by atoms with van der Waals surface area (Å²) in [4.78, 5) is 5.34. The molecule has 0 aliphatic carbocycles. The molecule has 2 fully saturated rings. The fraction of sp³-hybridized carbons (Fsp3) is 1.00. The number of nitrogens with two attached hydrogens (primary N) is 1. The van der Waals surface area contributed by atoms with Gasteiger partial charge < -0.3 is 10.6 Å². The molecule has 112 valence electrons. The molecule has 0 unspecified atom stereocenters. The van der Waals surface area contributed by atoms with Crippen molar-refractivity contribution in [1.82, 2.24) is 9.80 Å². The molecule has 2 aliphatic rings. The Morgan fingerprint density at radius 3 is 2.11 bits per heavy atom. The maximum absolute atomic E-state index is 6.20. The van der Waals surface area contributed by atoms with Crippen molar-refractivity contribution < 1.29 is 0 Å². The van der Waals surface area contributed by atoms with Crippen LogP contribution in [0, 0.1) is 5.92 Å². The monoisotopic (exact) mass is 267 g/mol. The summed E-state index contributed by atoms with van der Waals surface area (Å²) in [5.74, 6) is 0.960. The van der Waals surface area contributed by atoms with E-state index in [9.17, 15) is 0 Å². The minimum Gasteiger partial charge on any atom is -0.329 e. The van der Waals surface area contributed by atoms with E-state index >= 15 is 0 Å². The van der Waals surface area contributed by atoms with Crippen LogP contribution in [0.5, 0.6) is 0 Å². The van der Waals surface area contributed by atoms with Gasteiger partial charge in [-0.25, -0.2) is 0 Å². The van der Waals surface area contributed by atoms with Gasteiger partial charge >= 0.3 is 0 Å². The van der Waals surface area contributed by atoms with Crippen molar-refractivity contribution in [3.05, 3.63) is 0 Å². The second-order valence-electron chi connectivity index (χ2n) is 6.90. The van der Waals surface area contributed by atoms with E-state index in [-0.39, 0.29) is 0 Å². The third-order valence-electron chi connectivity index (χ3n) is 5.70. The standard InChI is InChI=1S/C16H33N3/c1-4-15-5-9-19(10-6-15)16(13-17)7-11-18(12-8-16)14(2)3/h14-15H,4-13,17H2,1-3H3. The van der Waals surface area contributed by atoms with E-state index in [1.807, 2.05) is 0 Å². The Bertz CT molecular complexity index is 261. The second kappa shape index (κ2) is 6.55. The first-order valence-corrected chi connectivity index (χ1v) is 8.30. The molecule has 2 saturated heterocycles. The van der Waals surface area contributed by atoms with E-state index in [0.717, 1.165) is 12.5 Å². The fourth-order valence-corrected chi connectivity index (χ4v) is 3.92. The summed E-state index contributed by atoms with van der Waals surface area (Å²) in [6.45, 7) is 12.8. The molecule has 2 aliphatic heterocycles. The quantitative estimate of drug-likeness (QED) is 0.848. The number of rotatable bonds is 4. The van der Waals surface area contributed by atoms with Crippen LogP contribution in [0.1, 0.15) is 52.9 Å². The van der Waals surface area contributed by atoms with Crippen LogP contribution in [0.2, 0.25) is 0 Å². The lowest BCUT2D eigenvalue weighted by Gasteiger charge is -2.51. The Morgan fingerprint density at radius 1 is 1.11 bits per heavy atom. The minimum absolute atomic E-state index is 0.310. The van der Waals surface area contributed by atoms with E-state index in [1.165, 1.54) is 58.3 Å². The van der Waals surface area contributed by atoms with Crippen LogP contribution in [0.15, 0.2) is 0 Å². The van der Waals surface area contributed by atoms with Crippen molar-refractivity contribution in [3.63, 3.8) is 0 Å². The zero-order valence-electron chi connectivity index (χ0n) is 13.2. The largest absolute Gasteiger partial charge is 0.329 e. The SMILES string of the molecule is CCC1CCN(C2(CN)CCN(C(C)C)CC2)CC1. The highest BCUT2D eigenvalue weighted by Crippen LogP contribution is 2.33. The zero-order valence-corrected chi connectivity index (χ0v) is 13.2. The number of likely N-dealkylation sites (tertiary alicyclic amines) is 2. The van der Waals surface area contributed by atoms with Gasteiger partial charge in [-0.2, -0.15) is 0 Å². The van der Waals surface area contributed by atoms with Gasteiger partial charge in [-0.05, 0) is 58.5 Å². The number of hydrogen-bond acceptors (Lipinski definition) is 3. The van der Waals surface area contributed by atoms with Crippen LogP contribution in [0.4, 0.5) is 0 Å². The lowest BCUT2D eigenvalue weighted by atomic mass is 9.82. The predicted molar refractivity (Wildman–Crippen MR) is 82.3 cm³/mol. The highest BCUT2D eigenvalue weighted by Gasteiger charge is 2.40. The van der Waals surface area contributed by atoms with Crippen molar-refractivity contribution in [2.75, 3.05) is 32.7 Å². The van der Waals surface area contributed by atoms with E-state index in [0.29, 0.717) is 11.6 Å². The van der Waals surface area contributed by atoms with E-state index in [2.05, 4.69) is 30.6 Å². The van der Waals surface area contributed by atoms with Gasteiger partial charge in [0.2, 0.25) is 0 Å². The molecule has 0 spiro atoms. The molecule has 0 aromatic heterocycles. The van der Waals surface area contributed by atoms with Gasteiger partial charge in [-0.3, -0.25) is 4.90 Å². The summed E-state index contributed by atoms with van der Waals surface area (Å²) in [5, 5.41) is 0. The Morgan fingerprint density at radius 2 is 1.68 bits per heavy atom. The van der Waals surface area contributed by atoms with Crippen LogP contribution >= 0.6 is 0 Å². The molecular formula is C16H33N3. The average molecular weight is 267 g/mol. The lowest BCUT2D eigenvalue weighted by molar-refractivity contribution is -0.00258. The van der Waals surface area contributed by atoms with Crippen molar-refractivity contribution in [2.45, 2.75) is 64.5 Å². The summed E-state index contributed by atoms with van der Waals surface area (Å²) < 4.78 is 0. The first-order valence-electron chi connectivity index (χ1n) is 8.30. The summed E-state index contributed by atoms with van der Waals surface area (Å²) in [5.41, 5.74) is 6.51. The van der Waals surface area contributed by atoms with Crippen molar-refractivity contribution in [2.24, 2.45) is 11.7 Å². The molecule has 0 radical (unpaired) electrons. The predicted octanol–water partition coefficient (Wildman–Crippen LogP) is 2.31. The van der Waals surface area contributed by atoms with Gasteiger partial charge in [-0.15, -0.1) is 0 Å². The molecule has 3 heteroatoms. The van der Waals surface area contributed by atoms with Crippen molar-refractivity contribution in [3.8, 4) is 0 Å². The van der Waals surface area contributed by atoms with Crippen molar-refractivity contribution >= 4 is 0 Å². The Labute approximate surface area is 119 Å². The Balaban J connectivity index is 1.93. The molecule has 0 atom stereocenters. The summed E-state index contributed by atoms with van der Waals surface area (Å²) >= 11 is 0. The molecular weight excluding hydrogens is 234 g/mol. The summed E-state index contributed by atoms with van der Waals surface area (Å²) in [6, 6.07) is 0.682. The molecule has 0 aromatic rings. The van der Waals surface area contributed by atoms with Gasteiger partial charge in [0, 0.05) is 31.2 Å². The minimum atomic E-state index is 0.310. The fourth-order valence-electron chi connectivity index (χ4n) is 3.92. The van der Waals surface area contributed by atoms with Crippen LogP contribution in [0.3, 0.4) is 0 Å². The van der Waals surface area contributed by atoms with Gasteiger partial charge in [0.1, 0.15) is 0 Å². The van der Waals surface area contributed by atoms with Gasteiger partial charge in [0.05, 0.1) is 0 Å². The van der Waals surface area contributed by atoms with Crippen LogP contribution in [-0.2, 0) is 0 Å². The molecule has 19 heavy (non-hydrogen) atoms. The third kappa shape index (κ3) is 3.32. The highest BCUT2D eigenvalue weighted by atomic mass is 15.3. The molecule has 0 amide bonds.